The first-order chi connectivity index (χ1) is 36.8. The molecule has 4 aliphatic rings. The molecule has 1 aromatic heterocycles. The molecule has 3 nitrogen and oxygen atoms in total. The predicted molar refractivity (Wildman–Crippen MR) is 330 cm³/mol. The lowest BCUT2D eigenvalue weighted by Crippen LogP contribution is -2.40. The van der Waals surface area contributed by atoms with Gasteiger partial charge in [0.25, 0.3) is 0 Å². The fourth-order valence-electron chi connectivity index (χ4n) is 13.9. The van der Waals surface area contributed by atoms with Crippen molar-refractivity contribution >= 4 is 87.5 Å². The van der Waals surface area contributed by atoms with Gasteiger partial charge in [-0.05, 0) is 113 Å². The number of allylic oxidation sites excluding steroid dienone is 4. The molecule has 0 saturated carbocycles. The molecule has 0 radical (unpaired) electrons. The van der Waals surface area contributed by atoms with Gasteiger partial charge >= 0.3 is 0 Å². The number of aromatic nitrogens is 1. The molecule has 1 aliphatic heterocycles. The fraction of sp³-hybridized carbons (Fsp3) is 0.183. The molecule has 4 unspecified atom stereocenters. The van der Waals surface area contributed by atoms with Crippen LogP contribution in [0.4, 0.5) is 22.7 Å². The molecule has 0 bridgehead atoms. The second kappa shape index (κ2) is 17.2. The second-order valence-electron chi connectivity index (χ2n) is 24.2. The van der Waals surface area contributed by atoms with E-state index < -0.39 is 21.6 Å². The monoisotopic (exact) mass is 1020 g/mol. The molecule has 3 aliphatic carbocycles. The van der Waals surface area contributed by atoms with Crippen LogP contribution in [0, 0.1) is 18.8 Å². The minimum atomic E-state index is -1.58. The van der Waals surface area contributed by atoms with Gasteiger partial charge in [-0.2, -0.15) is 0 Å². The van der Waals surface area contributed by atoms with Crippen LogP contribution in [0.5, 0.6) is 0 Å². The molecule has 2 heterocycles. The maximum Gasteiger partial charge on any atom is 0.0775 e. The highest BCUT2D eigenvalue weighted by molar-refractivity contribution is 6.89. The van der Waals surface area contributed by atoms with Crippen molar-refractivity contribution in [3.8, 4) is 5.69 Å². The fourth-order valence-corrected chi connectivity index (χ4v) is 16.2. The van der Waals surface area contributed by atoms with E-state index in [1.807, 2.05) is 0 Å². The van der Waals surface area contributed by atoms with Crippen LogP contribution in [0.1, 0.15) is 58.2 Å². The van der Waals surface area contributed by atoms with Gasteiger partial charge in [0, 0.05) is 56.3 Å². The number of hydrogen-bond donors (Lipinski definition) is 0. The first-order valence-electron chi connectivity index (χ1n) is 27.6. The van der Waals surface area contributed by atoms with Crippen molar-refractivity contribution in [2.45, 2.75) is 70.9 Å². The van der Waals surface area contributed by atoms with Crippen LogP contribution in [-0.4, -0.2) is 20.7 Å². The van der Waals surface area contributed by atoms with Crippen LogP contribution < -0.4 is 20.2 Å². The summed E-state index contributed by atoms with van der Waals surface area (Å²) < 4.78 is 2.60. The second-order valence-corrected chi connectivity index (χ2v) is 34.4. The maximum atomic E-state index is 2.75. The first-order valence-corrected chi connectivity index (χ1v) is 34.6. The van der Waals surface area contributed by atoms with E-state index in [1.54, 1.807) is 0 Å². The lowest BCUT2D eigenvalue weighted by molar-refractivity contribution is 0.447. The first kappa shape index (κ1) is 46.8. The number of rotatable bonds is 8. The molecule has 10 aromatic rings. The summed E-state index contributed by atoms with van der Waals surface area (Å²) >= 11 is 0. The maximum absolute atomic E-state index is 2.75. The summed E-state index contributed by atoms with van der Waals surface area (Å²) in [4.78, 5) is 5.17. The number of nitrogens with zero attached hydrogens (tertiary/aromatic N) is 3. The molecule has 5 heteroatoms. The van der Waals surface area contributed by atoms with Gasteiger partial charge in [0.15, 0.2) is 0 Å². The lowest BCUT2D eigenvalue weighted by atomic mass is 9.60. The van der Waals surface area contributed by atoms with Crippen molar-refractivity contribution < 1.29 is 0 Å². The van der Waals surface area contributed by atoms with Gasteiger partial charge in [0.2, 0.25) is 0 Å². The Morgan fingerprint density at radius 1 is 0.539 bits per heavy atom. The van der Waals surface area contributed by atoms with Gasteiger partial charge in [0.05, 0.1) is 49.7 Å². The van der Waals surface area contributed by atoms with Gasteiger partial charge in [-0.1, -0.05) is 220 Å². The summed E-state index contributed by atoms with van der Waals surface area (Å²) in [5.41, 5.74) is 19.8. The van der Waals surface area contributed by atoms with Gasteiger partial charge in [-0.15, -0.1) is 0 Å². The molecule has 0 amide bonds. The van der Waals surface area contributed by atoms with Gasteiger partial charge < -0.3 is 14.4 Å². The third kappa shape index (κ3) is 6.91. The van der Waals surface area contributed by atoms with Crippen LogP contribution >= 0.6 is 0 Å². The number of fused-ring (bicyclic) bond motifs is 16. The lowest BCUT2D eigenvalue weighted by Gasteiger charge is -2.45. The summed E-state index contributed by atoms with van der Waals surface area (Å²) in [5, 5.41) is 8.08. The van der Waals surface area contributed by atoms with E-state index in [4.69, 9.17) is 0 Å². The highest BCUT2D eigenvalue weighted by atomic mass is 28.3. The van der Waals surface area contributed by atoms with Crippen molar-refractivity contribution in [3.63, 3.8) is 0 Å². The smallest absolute Gasteiger partial charge is 0.0775 e. The molecule has 1 spiro atoms. The van der Waals surface area contributed by atoms with E-state index >= 15 is 0 Å². The van der Waals surface area contributed by atoms with Crippen LogP contribution in [0.15, 0.2) is 224 Å². The molecular weight excluding hydrogens is 951 g/mol. The van der Waals surface area contributed by atoms with E-state index in [0.717, 1.165) is 17.8 Å². The molecule has 76 heavy (non-hydrogen) atoms. The van der Waals surface area contributed by atoms with E-state index in [0.29, 0.717) is 5.92 Å². The van der Waals surface area contributed by atoms with Crippen LogP contribution in [-0.2, 0) is 5.41 Å². The Labute approximate surface area is 450 Å². The zero-order valence-corrected chi connectivity index (χ0v) is 47.1. The summed E-state index contributed by atoms with van der Waals surface area (Å²) in [6.45, 7) is 19.2. The van der Waals surface area contributed by atoms with Crippen molar-refractivity contribution in [1.82, 2.24) is 4.57 Å². The molecule has 14 rings (SSSR count). The van der Waals surface area contributed by atoms with Crippen molar-refractivity contribution in [2.75, 3.05) is 9.80 Å². The van der Waals surface area contributed by atoms with Crippen molar-refractivity contribution in [2.24, 2.45) is 11.8 Å². The standard InChI is InChI=1S/C71H65N3Si2/c1-46-28-32-48(33-29-46)72(50-36-40-52(41-37-50)75(3,4)5)66-44-62-68(57-21-11-9-18-54(57)66)69-58-22-12-10-19-55(58)67(73(49-34-30-47(2)31-35-49)51-38-42-53(43-39-51)76(6,7)8)45-63(69)71(62)60-24-14-16-27-65(60)74-64-26-15-13-20-56(64)59-23-17-25-61(71)70(59)74/h9-30,32-45,47,63,69H,31H2,1-8H3. The summed E-state index contributed by atoms with van der Waals surface area (Å²) in [6.07, 6.45) is 11.0. The number of benzene rings is 9. The third-order valence-corrected chi connectivity index (χ3v) is 21.7. The molecule has 0 N–H and O–H groups in total. The average Bonchev–Trinajstić information content (AvgIpc) is 4.13. The summed E-state index contributed by atoms with van der Waals surface area (Å²) in [6, 6.07) is 75.6. The van der Waals surface area contributed by atoms with E-state index in [9.17, 15) is 0 Å². The SMILES string of the molecule is Cc1ccc(N(c2ccc([Si](C)(C)C)cc2)c2cc3c(c4ccccc24)C2c4ccccc4C(N(C4=CCC(C)C=C4)c4ccc([Si](C)(C)C)cc4)=CC2C32c3ccccc3-n3c4ccccc4c4cccc2c43)cc1. The number of hydrogen-bond acceptors (Lipinski definition) is 2. The molecule has 4 atom stereocenters. The number of para-hydroxylation sites is 3. The molecule has 0 saturated heterocycles. The van der Waals surface area contributed by atoms with Crippen LogP contribution in [0.2, 0.25) is 39.3 Å². The Kier molecular flexibility index (Phi) is 10.6. The highest BCUT2D eigenvalue weighted by Crippen LogP contribution is 2.68. The molecular formula is C71H65N3Si2. The minimum absolute atomic E-state index is 0.0238. The van der Waals surface area contributed by atoms with E-state index in [-0.39, 0.29) is 11.8 Å². The Hall–Kier alpha value is -7.71. The van der Waals surface area contributed by atoms with Crippen molar-refractivity contribution in [3.05, 3.63) is 263 Å². The van der Waals surface area contributed by atoms with Crippen LogP contribution in [0.3, 0.4) is 0 Å². The van der Waals surface area contributed by atoms with Gasteiger partial charge in [0.1, 0.15) is 0 Å². The van der Waals surface area contributed by atoms with E-state index in [2.05, 4.69) is 286 Å². The van der Waals surface area contributed by atoms with Crippen molar-refractivity contribution in [1.29, 1.82) is 0 Å². The quantitative estimate of drug-likeness (QED) is 0.141. The minimum Gasteiger partial charge on any atom is -0.311 e. The van der Waals surface area contributed by atoms with Crippen LogP contribution in [0.25, 0.3) is 44.0 Å². The Balaban J connectivity index is 1.13. The summed E-state index contributed by atoms with van der Waals surface area (Å²) in [7, 11) is -3.16. The molecule has 9 aromatic carbocycles. The average molecular weight is 1020 g/mol. The van der Waals surface area contributed by atoms with Gasteiger partial charge in [-0.3, -0.25) is 0 Å². The zero-order chi connectivity index (χ0) is 51.8. The largest absolute Gasteiger partial charge is 0.311 e. The molecule has 372 valence electrons. The summed E-state index contributed by atoms with van der Waals surface area (Å²) in [5.74, 6) is 0.490. The van der Waals surface area contributed by atoms with Gasteiger partial charge in [-0.25, -0.2) is 0 Å². The molecule has 0 fully saturated rings. The zero-order valence-electron chi connectivity index (χ0n) is 45.1. The number of anilines is 4. The Morgan fingerprint density at radius 2 is 1.12 bits per heavy atom. The predicted octanol–water partition coefficient (Wildman–Crippen LogP) is 17.6. The number of aryl methyl sites for hydroxylation is 1. The third-order valence-electron chi connectivity index (χ3n) is 17.6. The normalized spacial score (nSPS) is 19.3. The Bertz CT molecular complexity index is 4090. The Morgan fingerprint density at radius 3 is 1.80 bits per heavy atom. The topological polar surface area (TPSA) is 11.4 Å². The van der Waals surface area contributed by atoms with E-state index in [1.165, 1.54) is 110 Å². The highest BCUT2D eigenvalue weighted by Gasteiger charge is 2.59.